The van der Waals surface area contributed by atoms with Crippen molar-refractivity contribution in [3.05, 3.63) is 252 Å². The van der Waals surface area contributed by atoms with Crippen molar-refractivity contribution >= 4 is 110 Å². The fraction of sp³-hybridized carbons (Fsp3) is 0.0959. The lowest BCUT2D eigenvalue weighted by Crippen LogP contribution is -2.16. The lowest BCUT2D eigenvalue weighted by atomic mass is 9.82. The Bertz CT molecular complexity index is 4710. The third-order valence-corrected chi connectivity index (χ3v) is 17.8. The number of nitrogens with zero attached hydrogens (tertiary/aromatic N) is 2. The average molecular weight is 957 g/mol. The van der Waals surface area contributed by atoms with Gasteiger partial charge in [0, 0.05) is 45.0 Å². The Kier molecular flexibility index (Phi) is 8.54. The summed E-state index contributed by atoms with van der Waals surface area (Å²) in [5.74, 6) is 0. The number of hydrogen-bond acceptors (Lipinski definition) is 2. The zero-order chi connectivity index (χ0) is 50.1. The van der Waals surface area contributed by atoms with Gasteiger partial charge in [0.25, 0.3) is 0 Å². The smallest absolute Gasteiger partial charge is 0.0468 e. The lowest BCUT2D eigenvalue weighted by Gasteiger charge is -2.28. The second-order valence-corrected chi connectivity index (χ2v) is 22.5. The molecule has 75 heavy (non-hydrogen) atoms. The minimum Gasteiger partial charge on any atom is -0.310 e. The largest absolute Gasteiger partial charge is 0.310 e. The standard InChI is InChI=1S/C73H52N2/c1-43-25-27-45(28-26-43)75(49-32-36-55-53-18-10-12-24-67(53)73(4,5)69(55)40-49)47-30-34-51-61(38-47)57-20-14-22-59-62-41-64-50-33-29-46(37-60(50)56-19-13-21-58(70(56)64)63(62)42-65(51)71(57)59)74(44-15-7-6-8-16-44)48-31-35-54-52-17-9-11-23-66(52)72(2,3)68(54)39-48/h6-42H,1-5H3. The van der Waals surface area contributed by atoms with Crippen molar-refractivity contribution in [2.45, 2.75) is 45.4 Å². The molecular weight excluding hydrogens is 905 g/mol. The first kappa shape index (κ1) is 42.5. The van der Waals surface area contributed by atoms with Crippen molar-refractivity contribution in [3.63, 3.8) is 0 Å². The summed E-state index contributed by atoms with van der Waals surface area (Å²) in [7, 11) is 0. The Balaban J connectivity index is 0.862. The first-order valence-electron chi connectivity index (χ1n) is 26.6. The van der Waals surface area contributed by atoms with Crippen molar-refractivity contribution in [1.82, 2.24) is 0 Å². The average Bonchev–Trinajstić information content (AvgIpc) is 4.12. The summed E-state index contributed by atoms with van der Waals surface area (Å²) in [6.07, 6.45) is 0. The van der Waals surface area contributed by atoms with Crippen LogP contribution in [0.5, 0.6) is 0 Å². The molecule has 2 aliphatic carbocycles. The van der Waals surface area contributed by atoms with Gasteiger partial charge in [0.1, 0.15) is 0 Å². The van der Waals surface area contributed by atoms with Gasteiger partial charge in [-0.1, -0.05) is 173 Å². The molecule has 0 saturated heterocycles. The number of hydrogen-bond donors (Lipinski definition) is 0. The molecule has 0 bridgehead atoms. The molecule has 0 unspecified atom stereocenters. The Morgan fingerprint density at radius 2 is 0.600 bits per heavy atom. The minimum absolute atomic E-state index is 0.102. The summed E-state index contributed by atoms with van der Waals surface area (Å²) < 4.78 is 0. The number of rotatable bonds is 6. The molecule has 2 heteroatoms. The second kappa shape index (κ2) is 15.1. The normalized spacial score (nSPS) is 14.1. The molecule has 0 aliphatic heterocycles. The van der Waals surface area contributed by atoms with Crippen LogP contribution in [-0.4, -0.2) is 0 Å². The fourth-order valence-electron chi connectivity index (χ4n) is 14.1. The van der Waals surface area contributed by atoms with Crippen molar-refractivity contribution < 1.29 is 0 Å². The van der Waals surface area contributed by atoms with E-state index in [0.29, 0.717) is 0 Å². The molecule has 2 aliphatic rings. The van der Waals surface area contributed by atoms with Crippen LogP contribution in [0.25, 0.3) is 97.7 Å². The molecule has 0 atom stereocenters. The summed E-state index contributed by atoms with van der Waals surface area (Å²) >= 11 is 0. The van der Waals surface area contributed by atoms with E-state index >= 15 is 0 Å². The van der Waals surface area contributed by atoms with E-state index in [1.807, 2.05) is 0 Å². The first-order chi connectivity index (χ1) is 36.6. The molecule has 14 aromatic rings. The van der Waals surface area contributed by atoms with E-state index in [2.05, 4.69) is 269 Å². The van der Waals surface area contributed by atoms with Crippen molar-refractivity contribution in [2.75, 3.05) is 9.80 Å². The third-order valence-electron chi connectivity index (χ3n) is 17.8. The molecule has 354 valence electrons. The molecule has 0 N–H and O–H groups in total. The zero-order valence-electron chi connectivity index (χ0n) is 42.8. The molecule has 14 aromatic carbocycles. The summed E-state index contributed by atoms with van der Waals surface area (Å²) in [5, 5.41) is 18.2. The highest BCUT2D eigenvalue weighted by Crippen LogP contribution is 2.54. The van der Waals surface area contributed by atoms with Crippen LogP contribution in [0.1, 0.15) is 55.5 Å². The Morgan fingerprint density at radius 3 is 1.07 bits per heavy atom. The molecule has 0 radical (unpaired) electrons. The summed E-state index contributed by atoms with van der Waals surface area (Å²) in [6.45, 7) is 11.6. The van der Waals surface area contributed by atoms with E-state index < -0.39 is 0 Å². The minimum atomic E-state index is -0.104. The predicted molar refractivity (Wildman–Crippen MR) is 321 cm³/mol. The molecule has 0 aromatic heterocycles. The van der Waals surface area contributed by atoms with E-state index in [-0.39, 0.29) is 10.8 Å². The molecule has 0 heterocycles. The van der Waals surface area contributed by atoms with Gasteiger partial charge in [-0.2, -0.15) is 0 Å². The van der Waals surface area contributed by atoms with Gasteiger partial charge in [0.05, 0.1) is 0 Å². The van der Waals surface area contributed by atoms with E-state index in [9.17, 15) is 0 Å². The topological polar surface area (TPSA) is 6.48 Å². The maximum Gasteiger partial charge on any atom is 0.0468 e. The fourth-order valence-corrected chi connectivity index (χ4v) is 14.1. The maximum absolute atomic E-state index is 2.51. The van der Waals surface area contributed by atoms with Crippen molar-refractivity contribution in [2.24, 2.45) is 0 Å². The summed E-state index contributed by atoms with van der Waals surface area (Å²) in [5.41, 5.74) is 18.8. The van der Waals surface area contributed by atoms with E-state index in [4.69, 9.17) is 0 Å². The van der Waals surface area contributed by atoms with E-state index in [0.717, 1.165) is 22.7 Å². The highest BCUT2D eigenvalue weighted by Gasteiger charge is 2.37. The van der Waals surface area contributed by atoms with Crippen LogP contribution in [0.4, 0.5) is 34.1 Å². The van der Waals surface area contributed by atoms with Gasteiger partial charge in [-0.3, -0.25) is 0 Å². The zero-order valence-corrected chi connectivity index (χ0v) is 42.8. The van der Waals surface area contributed by atoms with Gasteiger partial charge in [-0.15, -0.1) is 0 Å². The number of benzene rings is 12. The number of anilines is 6. The Labute approximate surface area is 437 Å². The molecule has 16 rings (SSSR count). The molecule has 0 spiro atoms. The van der Waals surface area contributed by atoms with Crippen LogP contribution in [0.2, 0.25) is 0 Å². The van der Waals surface area contributed by atoms with Gasteiger partial charge in [-0.05, 0) is 212 Å². The number of fused-ring (bicyclic) bond motifs is 15. The van der Waals surface area contributed by atoms with Crippen molar-refractivity contribution in [1.29, 1.82) is 0 Å². The number of aryl methyl sites for hydroxylation is 1. The van der Waals surface area contributed by atoms with E-state index in [1.165, 1.54) is 137 Å². The lowest BCUT2D eigenvalue weighted by molar-refractivity contribution is 0.660. The predicted octanol–water partition coefficient (Wildman–Crippen LogP) is 20.5. The van der Waals surface area contributed by atoms with Gasteiger partial charge in [0.15, 0.2) is 0 Å². The molecule has 0 saturated carbocycles. The summed E-state index contributed by atoms with van der Waals surface area (Å²) in [6, 6.07) is 85.2. The SMILES string of the molecule is Cc1ccc(N(c2ccc3c(c2)C(C)(C)c2ccccc2-3)c2ccc3c(c2)c2cccc4c5cc6c7ccc(N(c8ccccc8)c8ccc9c(c8)C(C)(C)c8ccccc8-9)cc7c7cccc(c5cc3c24)c76)cc1. The molecule has 0 amide bonds. The first-order valence-corrected chi connectivity index (χ1v) is 26.6. The van der Waals surface area contributed by atoms with Crippen LogP contribution in [0.15, 0.2) is 224 Å². The van der Waals surface area contributed by atoms with Gasteiger partial charge >= 0.3 is 0 Å². The monoisotopic (exact) mass is 956 g/mol. The van der Waals surface area contributed by atoms with Gasteiger partial charge in [0.2, 0.25) is 0 Å². The maximum atomic E-state index is 2.51. The third kappa shape index (κ3) is 5.80. The van der Waals surface area contributed by atoms with Crippen molar-refractivity contribution in [3.8, 4) is 22.3 Å². The van der Waals surface area contributed by atoms with Gasteiger partial charge < -0.3 is 9.80 Å². The Hall–Kier alpha value is -8.98. The second-order valence-electron chi connectivity index (χ2n) is 22.5. The molecule has 0 fully saturated rings. The Morgan fingerprint density at radius 1 is 0.240 bits per heavy atom. The quantitative estimate of drug-likeness (QED) is 0.153. The van der Waals surface area contributed by atoms with Crippen LogP contribution in [0, 0.1) is 6.92 Å². The highest BCUT2D eigenvalue weighted by atomic mass is 15.1. The van der Waals surface area contributed by atoms with Crippen LogP contribution >= 0.6 is 0 Å². The summed E-state index contributed by atoms with van der Waals surface area (Å²) in [4.78, 5) is 4.90. The molecular formula is C73H52N2. The molecule has 2 nitrogen and oxygen atoms in total. The number of para-hydroxylation sites is 1. The van der Waals surface area contributed by atoms with Crippen LogP contribution < -0.4 is 9.80 Å². The van der Waals surface area contributed by atoms with Gasteiger partial charge in [-0.25, -0.2) is 0 Å². The van der Waals surface area contributed by atoms with E-state index in [1.54, 1.807) is 0 Å². The van der Waals surface area contributed by atoms with Crippen LogP contribution in [0.3, 0.4) is 0 Å². The van der Waals surface area contributed by atoms with Crippen LogP contribution in [-0.2, 0) is 10.8 Å². The highest BCUT2D eigenvalue weighted by molar-refractivity contribution is 6.41.